The fourth-order valence-corrected chi connectivity index (χ4v) is 1.87. The topological polar surface area (TPSA) is 20.3 Å². The molecular formula is C8H13NO. The van der Waals surface area contributed by atoms with Gasteiger partial charge in [0, 0.05) is 20.0 Å². The first-order chi connectivity index (χ1) is 4.77. The predicted octanol–water partition coefficient (Wildman–Crippen LogP) is 0.875. The summed E-state index contributed by atoms with van der Waals surface area (Å²) in [5, 5.41) is 0. The molecule has 10 heavy (non-hydrogen) atoms. The molecule has 2 unspecified atom stereocenters. The van der Waals surface area contributed by atoms with E-state index >= 15 is 0 Å². The molecule has 0 N–H and O–H groups in total. The zero-order chi connectivity index (χ0) is 7.14. The molecule has 1 saturated carbocycles. The Kier molecular flexibility index (Phi) is 1.22. The van der Waals surface area contributed by atoms with Crippen molar-refractivity contribution in [3.8, 4) is 0 Å². The highest BCUT2D eigenvalue weighted by Gasteiger charge is 2.41. The van der Waals surface area contributed by atoms with Gasteiger partial charge in [0.1, 0.15) is 0 Å². The third-order valence-electron chi connectivity index (χ3n) is 2.74. The van der Waals surface area contributed by atoms with E-state index in [0.29, 0.717) is 0 Å². The lowest BCUT2D eigenvalue weighted by molar-refractivity contribution is -0.129. The number of carbonyl (C=O) groups excluding carboxylic acids is 1. The second kappa shape index (κ2) is 1.97. The molecule has 2 heteroatoms. The van der Waals surface area contributed by atoms with Gasteiger partial charge in [-0.25, -0.2) is 0 Å². The maximum Gasteiger partial charge on any atom is 0.219 e. The summed E-state index contributed by atoms with van der Waals surface area (Å²) in [5.41, 5.74) is 0. The van der Waals surface area contributed by atoms with Crippen LogP contribution in [0.1, 0.15) is 19.8 Å². The average molecular weight is 139 g/mol. The minimum atomic E-state index is 0.255. The van der Waals surface area contributed by atoms with Crippen LogP contribution in [-0.2, 0) is 4.79 Å². The van der Waals surface area contributed by atoms with Gasteiger partial charge in [-0.3, -0.25) is 4.79 Å². The third-order valence-corrected chi connectivity index (χ3v) is 2.74. The second-order valence-electron chi connectivity index (χ2n) is 3.51. The summed E-state index contributed by atoms with van der Waals surface area (Å²) in [7, 11) is 0. The number of amides is 1. The van der Waals surface area contributed by atoms with Gasteiger partial charge in [0.25, 0.3) is 0 Å². The normalized spacial score (nSPS) is 37.1. The Morgan fingerprint density at radius 1 is 1.50 bits per heavy atom. The summed E-state index contributed by atoms with van der Waals surface area (Å²) in [6.07, 6.45) is 2.63. The Labute approximate surface area is 61.2 Å². The predicted molar refractivity (Wildman–Crippen MR) is 38.5 cm³/mol. The molecule has 1 aliphatic carbocycles. The zero-order valence-electron chi connectivity index (χ0n) is 6.34. The van der Waals surface area contributed by atoms with Crippen LogP contribution in [0.5, 0.6) is 0 Å². The SMILES string of the molecule is CC(=O)N1CCC2CC2C1. The van der Waals surface area contributed by atoms with E-state index in [0.717, 1.165) is 24.9 Å². The van der Waals surface area contributed by atoms with Gasteiger partial charge in [-0.05, 0) is 24.7 Å². The number of hydrogen-bond donors (Lipinski definition) is 0. The highest BCUT2D eigenvalue weighted by molar-refractivity contribution is 5.73. The molecule has 0 spiro atoms. The van der Waals surface area contributed by atoms with Gasteiger partial charge in [-0.1, -0.05) is 0 Å². The van der Waals surface area contributed by atoms with Gasteiger partial charge in [0.2, 0.25) is 5.91 Å². The minimum absolute atomic E-state index is 0.255. The van der Waals surface area contributed by atoms with Crippen molar-refractivity contribution in [1.29, 1.82) is 0 Å². The maximum atomic E-state index is 10.9. The van der Waals surface area contributed by atoms with Crippen molar-refractivity contribution < 1.29 is 4.79 Å². The lowest BCUT2D eigenvalue weighted by Crippen LogP contribution is -2.35. The van der Waals surface area contributed by atoms with E-state index in [-0.39, 0.29) is 5.91 Å². The molecule has 0 aromatic heterocycles. The molecule has 2 atom stereocenters. The van der Waals surface area contributed by atoms with Crippen LogP contribution in [0.4, 0.5) is 0 Å². The molecule has 0 bridgehead atoms. The molecule has 2 nitrogen and oxygen atoms in total. The number of likely N-dealkylation sites (tertiary alicyclic amines) is 1. The molecular weight excluding hydrogens is 126 g/mol. The molecule has 1 aliphatic heterocycles. The van der Waals surface area contributed by atoms with Crippen LogP contribution >= 0.6 is 0 Å². The Bertz CT molecular complexity index is 167. The number of nitrogens with zero attached hydrogens (tertiary/aromatic N) is 1. The van der Waals surface area contributed by atoms with E-state index in [1.807, 2.05) is 4.90 Å². The van der Waals surface area contributed by atoms with E-state index in [1.165, 1.54) is 12.8 Å². The van der Waals surface area contributed by atoms with Crippen molar-refractivity contribution in [3.05, 3.63) is 0 Å². The molecule has 2 rings (SSSR count). The smallest absolute Gasteiger partial charge is 0.219 e. The summed E-state index contributed by atoms with van der Waals surface area (Å²) in [4.78, 5) is 12.9. The van der Waals surface area contributed by atoms with Gasteiger partial charge >= 0.3 is 0 Å². The molecule has 0 aromatic rings. The van der Waals surface area contributed by atoms with Crippen molar-refractivity contribution in [3.63, 3.8) is 0 Å². The highest BCUT2D eigenvalue weighted by Crippen LogP contribution is 2.44. The molecule has 0 aromatic carbocycles. The quantitative estimate of drug-likeness (QED) is 0.487. The van der Waals surface area contributed by atoms with Crippen LogP contribution in [0.2, 0.25) is 0 Å². The Balaban J connectivity index is 1.94. The van der Waals surface area contributed by atoms with Gasteiger partial charge in [-0.15, -0.1) is 0 Å². The van der Waals surface area contributed by atoms with Crippen molar-refractivity contribution in [2.24, 2.45) is 11.8 Å². The van der Waals surface area contributed by atoms with Crippen molar-refractivity contribution in [1.82, 2.24) is 4.90 Å². The summed E-state index contributed by atoms with van der Waals surface area (Å²) in [6.45, 7) is 3.72. The molecule has 0 radical (unpaired) electrons. The summed E-state index contributed by atoms with van der Waals surface area (Å²) >= 11 is 0. The molecule has 56 valence electrons. The lowest BCUT2D eigenvalue weighted by atomic mass is 10.1. The summed E-state index contributed by atoms with van der Waals surface area (Å²) in [5.74, 6) is 2.11. The third kappa shape index (κ3) is 0.917. The number of rotatable bonds is 0. The van der Waals surface area contributed by atoms with Crippen LogP contribution in [0.15, 0.2) is 0 Å². The first-order valence-electron chi connectivity index (χ1n) is 4.03. The van der Waals surface area contributed by atoms with E-state index in [9.17, 15) is 4.79 Å². The second-order valence-corrected chi connectivity index (χ2v) is 3.51. The van der Waals surface area contributed by atoms with Crippen molar-refractivity contribution in [2.45, 2.75) is 19.8 Å². The molecule has 2 aliphatic rings. The van der Waals surface area contributed by atoms with Crippen LogP contribution in [0, 0.1) is 11.8 Å². The van der Waals surface area contributed by atoms with Crippen molar-refractivity contribution >= 4 is 5.91 Å². The number of carbonyl (C=O) groups is 1. The number of fused-ring (bicyclic) bond motifs is 1. The van der Waals surface area contributed by atoms with Crippen LogP contribution < -0.4 is 0 Å². The molecule has 1 heterocycles. The van der Waals surface area contributed by atoms with Gasteiger partial charge in [-0.2, -0.15) is 0 Å². The maximum absolute atomic E-state index is 10.9. The van der Waals surface area contributed by atoms with Gasteiger partial charge < -0.3 is 4.90 Å². The highest BCUT2D eigenvalue weighted by atomic mass is 16.2. The van der Waals surface area contributed by atoms with Crippen LogP contribution in [-0.4, -0.2) is 23.9 Å². The minimum Gasteiger partial charge on any atom is -0.343 e. The van der Waals surface area contributed by atoms with E-state index in [1.54, 1.807) is 6.92 Å². The fraction of sp³-hybridized carbons (Fsp3) is 0.875. The molecule has 1 amide bonds. The van der Waals surface area contributed by atoms with Gasteiger partial charge in [0.05, 0.1) is 0 Å². The number of piperidine rings is 1. The van der Waals surface area contributed by atoms with Gasteiger partial charge in [0.15, 0.2) is 0 Å². The first kappa shape index (κ1) is 6.20. The van der Waals surface area contributed by atoms with E-state index < -0.39 is 0 Å². The summed E-state index contributed by atoms with van der Waals surface area (Å²) in [6, 6.07) is 0. The Morgan fingerprint density at radius 2 is 2.30 bits per heavy atom. The fourth-order valence-electron chi connectivity index (χ4n) is 1.87. The van der Waals surface area contributed by atoms with Crippen molar-refractivity contribution in [2.75, 3.05) is 13.1 Å². The molecule has 1 saturated heterocycles. The Hall–Kier alpha value is -0.530. The lowest BCUT2D eigenvalue weighted by Gasteiger charge is -2.24. The average Bonchev–Trinajstić information content (AvgIpc) is 2.63. The molecule has 2 fully saturated rings. The van der Waals surface area contributed by atoms with Crippen LogP contribution in [0.25, 0.3) is 0 Å². The number of hydrogen-bond acceptors (Lipinski definition) is 1. The zero-order valence-corrected chi connectivity index (χ0v) is 6.34. The van der Waals surface area contributed by atoms with E-state index in [2.05, 4.69) is 0 Å². The van der Waals surface area contributed by atoms with E-state index in [4.69, 9.17) is 0 Å². The van der Waals surface area contributed by atoms with Crippen LogP contribution in [0.3, 0.4) is 0 Å². The standard InChI is InChI=1S/C8H13NO/c1-6(10)9-3-2-7-4-8(7)5-9/h7-8H,2-5H2,1H3. The first-order valence-corrected chi connectivity index (χ1v) is 4.03. The monoisotopic (exact) mass is 139 g/mol. The largest absolute Gasteiger partial charge is 0.343 e. The Morgan fingerprint density at radius 3 is 2.90 bits per heavy atom. The summed E-state index contributed by atoms with van der Waals surface area (Å²) < 4.78 is 0.